The molecule has 0 aliphatic heterocycles. The highest BCUT2D eigenvalue weighted by Gasteiger charge is 2.18. The van der Waals surface area contributed by atoms with Gasteiger partial charge in [0.15, 0.2) is 0 Å². The normalized spacial score (nSPS) is 12.9. The molecule has 0 aliphatic rings. The van der Waals surface area contributed by atoms with Crippen molar-refractivity contribution >= 4 is 11.9 Å². The lowest BCUT2D eigenvalue weighted by molar-refractivity contribution is -0.143. The van der Waals surface area contributed by atoms with Crippen LogP contribution in [0.5, 0.6) is 0 Å². The number of hydrogen-bond donors (Lipinski definition) is 3. The lowest BCUT2D eigenvalue weighted by Crippen LogP contribution is -2.45. The first-order valence-corrected chi connectivity index (χ1v) is 25.8. The van der Waals surface area contributed by atoms with Gasteiger partial charge < -0.3 is 20.3 Å². The second-order valence-corrected chi connectivity index (χ2v) is 17.5. The average Bonchev–Trinajstić information content (AvgIpc) is 3.24. The lowest BCUT2D eigenvalue weighted by atomic mass is 10.0. The maximum absolute atomic E-state index is 12.4. The summed E-state index contributed by atoms with van der Waals surface area (Å²) >= 11 is 0. The van der Waals surface area contributed by atoms with E-state index in [1.54, 1.807) is 6.08 Å². The summed E-state index contributed by atoms with van der Waals surface area (Å²) in [6.45, 7) is 4.76. The minimum absolute atomic E-state index is 0.0360. The van der Waals surface area contributed by atoms with Crippen LogP contribution in [0, 0.1) is 0 Å². The smallest absolute Gasteiger partial charge is 0.305 e. The van der Waals surface area contributed by atoms with Crippen LogP contribution in [0.15, 0.2) is 36.5 Å². The Bertz CT molecular complexity index is 962. The standard InChI is InChI=1S/C53H99NO5/c1-3-5-7-9-11-13-14-27-31-35-39-43-47-53(58)59-48-44-40-36-32-28-25-23-21-19-17-15-16-18-20-22-24-26-30-34-38-42-46-52(57)54-50(49-55)51(56)45-41-37-33-29-12-10-8-6-4-2/h25,28,36,40-41,45,50-51,55-56H,3-24,26-27,29-35,37-39,42-44,46-49H2,1-2H3,(H,54,57)/b28-25-,40-36-,45-41+. The third-order valence-electron chi connectivity index (χ3n) is 11.7. The molecule has 6 nitrogen and oxygen atoms in total. The fourth-order valence-electron chi connectivity index (χ4n) is 7.71. The molecule has 0 aliphatic carbocycles. The quantitative estimate of drug-likeness (QED) is 0.0323. The summed E-state index contributed by atoms with van der Waals surface area (Å²) in [7, 11) is 0. The van der Waals surface area contributed by atoms with Gasteiger partial charge in [-0.2, -0.15) is 0 Å². The molecule has 6 heteroatoms. The van der Waals surface area contributed by atoms with Gasteiger partial charge in [-0.3, -0.25) is 9.59 Å². The zero-order chi connectivity index (χ0) is 43.0. The first-order valence-electron chi connectivity index (χ1n) is 25.8. The Hall–Kier alpha value is -1.92. The molecule has 2 atom stereocenters. The van der Waals surface area contributed by atoms with E-state index in [0.717, 1.165) is 51.4 Å². The summed E-state index contributed by atoms with van der Waals surface area (Å²) in [5.74, 6) is -0.112. The van der Waals surface area contributed by atoms with Crippen molar-refractivity contribution in [2.45, 2.75) is 276 Å². The molecule has 0 aromatic carbocycles. The molecule has 0 heterocycles. The molecule has 2 unspecified atom stereocenters. The van der Waals surface area contributed by atoms with Crippen molar-refractivity contribution in [1.82, 2.24) is 5.32 Å². The first kappa shape index (κ1) is 57.1. The molecule has 0 rings (SSSR count). The van der Waals surface area contributed by atoms with Crippen LogP contribution in [0.25, 0.3) is 0 Å². The molecule has 3 N–H and O–H groups in total. The molecule has 0 fully saturated rings. The van der Waals surface area contributed by atoms with Crippen molar-refractivity contribution in [3.8, 4) is 0 Å². The van der Waals surface area contributed by atoms with Gasteiger partial charge >= 0.3 is 5.97 Å². The van der Waals surface area contributed by atoms with E-state index in [4.69, 9.17) is 4.74 Å². The van der Waals surface area contributed by atoms with Gasteiger partial charge in [-0.25, -0.2) is 0 Å². The summed E-state index contributed by atoms with van der Waals surface area (Å²) in [6, 6.07) is -0.629. The Balaban J connectivity index is 3.46. The van der Waals surface area contributed by atoms with Gasteiger partial charge in [0.25, 0.3) is 0 Å². The minimum Gasteiger partial charge on any atom is -0.465 e. The molecule has 0 aromatic heterocycles. The minimum atomic E-state index is -0.845. The topological polar surface area (TPSA) is 95.9 Å². The largest absolute Gasteiger partial charge is 0.465 e. The van der Waals surface area contributed by atoms with Crippen LogP contribution in [0.2, 0.25) is 0 Å². The third kappa shape index (κ3) is 45.4. The van der Waals surface area contributed by atoms with Gasteiger partial charge in [-0.15, -0.1) is 0 Å². The van der Waals surface area contributed by atoms with Gasteiger partial charge in [-0.05, 0) is 51.4 Å². The van der Waals surface area contributed by atoms with Crippen molar-refractivity contribution in [2.24, 2.45) is 0 Å². The number of esters is 1. The van der Waals surface area contributed by atoms with Crippen molar-refractivity contribution in [1.29, 1.82) is 0 Å². The van der Waals surface area contributed by atoms with E-state index in [2.05, 4.69) is 43.5 Å². The van der Waals surface area contributed by atoms with Crippen LogP contribution in [0.1, 0.15) is 264 Å². The van der Waals surface area contributed by atoms with E-state index < -0.39 is 12.1 Å². The molecule has 0 saturated carbocycles. The van der Waals surface area contributed by atoms with Crippen molar-refractivity contribution in [3.63, 3.8) is 0 Å². The second-order valence-electron chi connectivity index (χ2n) is 17.5. The zero-order valence-corrected chi connectivity index (χ0v) is 39.2. The molecule has 59 heavy (non-hydrogen) atoms. The number of nitrogens with one attached hydrogen (secondary N) is 1. The lowest BCUT2D eigenvalue weighted by Gasteiger charge is -2.20. The number of allylic oxidation sites excluding steroid dienone is 4. The Labute approximate surface area is 366 Å². The highest BCUT2D eigenvalue weighted by atomic mass is 16.5. The van der Waals surface area contributed by atoms with Crippen LogP contribution in [-0.2, 0) is 14.3 Å². The van der Waals surface area contributed by atoms with Gasteiger partial charge in [0.2, 0.25) is 5.91 Å². The zero-order valence-electron chi connectivity index (χ0n) is 39.2. The Morgan fingerprint density at radius 2 is 0.847 bits per heavy atom. The second kappa shape index (κ2) is 48.7. The highest BCUT2D eigenvalue weighted by molar-refractivity contribution is 5.76. The predicted octanol–water partition coefficient (Wildman–Crippen LogP) is 15.3. The van der Waals surface area contributed by atoms with Crippen LogP contribution >= 0.6 is 0 Å². The van der Waals surface area contributed by atoms with E-state index >= 15 is 0 Å². The maximum Gasteiger partial charge on any atom is 0.305 e. The number of aliphatic hydroxyl groups excluding tert-OH is 2. The van der Waals surface area contributed by atoms with E-state index in [0.29, 0.717) is 19.4 Å². The molecule has 1 amide bonds. The molecule has 346 valence electrons. The van der Waals surface area contributed by atoms with Gasteiger partial charge in [0.05, 0.1) is 25.4 Å². The predicted molar refractivity (Wildman–Crippen MR) is 255 cm³/mol. The monoisotopic (exact) mass is 830 g/mol. The van der Waals surface area contributed by atoms with Gasteiger partial charge in [-0.1, -0.05) is 237 Å². The Morgan fingerprint density at radius 1 is 0.475 bits per heavy atom. The molecular formula is C53H99NO5. The van der Waals surface area contributed by atoms with Crippen molar-refractivity contribution in [3.05, 3.63) is 36.5 Å². The molecule has 0 spiro atoms. The number of rotatable bonds is 47. The number of aliphatic hydroxyl groups is 2. The first-order chi connectivity index (χ1) is 29.0. The fraction of sp³-hybridized carbons (Fsp3) is 0.849. The SMILES string of the molecule is CCCCCCCCC/C=C/C(O)C(CO)NC(=O)CCCCCCCCCCCCCCCC/C=C\C/C=C\CCOC(=O)CCCCCCCCCCCCCC. The molecular weight excluding hydrogens is 731 g/mol. The van der Waals surface area contributed by atoms with E-state index in [-0.39, 0.29) is 18.5 Å². The average molecular weight is 830 g/mol. The maximum atomic E-state index is 12.4. The summed E-state index contributed by atoms with van der Waals surface area (Å²) in [4.78, 5) is 24.3. The molecule has 0 bridgehead atoms. The van der Waals surface area contributed by atoms with Crippen molar-refractivity contribution in [2.75, 3.05) is 13.2 Å². The summed E-state index contributed by atoms with van der Waals surface area (Å²) in [6.07, 6.45) is 58.9. The molecule has 0 radical (unpaired) electrons. The van der Waals surface area contributed by atoms with Crippen LogP contribution in [0.3, 0.4) is 0 Å². The third-order valence-corrected chi connectivity index (χ3v) is 11.7. The highest BCUT2D eigenvalue weighted by Crippen LogP contribution is 2.16. The summed E-state index contributed by atoms with van der Waals surface area (Å²) in [5, 5.41) is 22.9. The molecule has 0 saturated heterocycles. The van der Waals surface area contributed by atoms with Crippen LogP contribution < -0.4 is 5.32 Å². The van der Waals surface area contributed by atoms with Crippen LogP contribution in [0.4, 0.5) is 0 Å². The van der Waals surface area contributed by atoms with E-state index in [9.17, 15) is 19.8 Å². The number of ether oxygens (including phenoxy) is 1. The van der Waals surface area contributed by atoms with E-state index in [1.807, 2.05) is 6.08 Å². The summed E-state index contributed by atoms with van der Waals surface area (Å²) < 4.78 is 5.39. The van der Waals surface area contributed by atoms with Crippen LogP contribution in [-0.4, -0.2) is 47.4 Å². The number of amides is 1. The van der Waals surface area contributed by atoms with Crippen molar-refractivity contribution < 1.29 is 24.5 Å². The Morgan fingerprint density at radius 3 is 1.29 bits per heavy atom. The fourth-order valence-corrected chi connectivity index (χ4v) is 7.71. The van der Waals surface area contributed by atoms with E-state index in [1.165, 1.54) is 186 Å². The number of hydrogen-bond acceptors (Lipinski definition) is 5. The summed E-state index contributed by atoms with van der Waals surface area (Å²) in [5.41, 5.74) is 0. The number of carbonyl (C=O) groups is 2. The molecule has 0 aromatic rings. The Kier molecular flexibility index (Phi) is 47.2. The number of unbranched alkanes of at least 4 members (excludes halogenated alkanes) is 32. The van der Waals surface area contributed by atoms with Gasteiger partial charge in [0.1, 0.15) is 0 Å². The number of carbonyl (C=O) groups excluding carboxylic acids is 2. The van der Waals surface area contributed by atoms with Gasteiger partial charge in [0, 0.05) is 12.8 Å².